The molecule has 0 saturated carbocycles. The molecule has 3 rings (SSSR count). The number of para-hydroxylation sites is 1. The second-order valence-electron chi connectivity index (χ2n) is 6.51. The summed E-state index contributed by atoms with van der Waals surface area (Å²) in [5.74, 6) is 0.313. The average molecular weight is 408 g/mol. The average Bonchev–Trinajstić information content (AvgIpc) is 3.01. The van der Waals surface area contributed by atoms with Crippen LogP contribution in [-0.2, 0) is 16.4 Å². The van der Waals surface area contributed by atoms with E-state index in [4.69, 9.17) is 16.3 Å². The molecule has 1 amide bonds. The van der Waals surface area contributed by atoms with E-state index in [2.05, 4.69) is 0 Å². The number of halogens is 1. The molecule has 2 aromatic rings. The number of hydrogen-bond donors (Lipinski definition) is 0. The molecule has 1 saturated heterocycles. The van der Waals surface area contributed by atoms with Gasteiger partial charge in [-0.3, -0.25) is 4.79 Å². The summed E-state index contributed by atoms with van der Waals surface area (Å²) >= 11 is 6.28. The summed E-state index contributed by atoms with van der Waals surface area (Å²) in [7, 11) is -3.14. The van der Waals surface area contributed by atoms with E-state index in [-0.39, 0.29) is 30.0 Å². The van der Waals surface area contributed by atoms with Gasteiger partial charge in [-0.1, -0.05) is 41.9 Å². The molecule has 1 heterocycles. The molecule has 1 unspecified atom stereocenters. The van der Waals surface area contributed by atoms with Gasteiger partial charge in [-0.15, -0.1) is 0 Å². The highest BCUT2D eigenvalue weighted by Crippen LogP contribution is 2.27. The number of carbonyl (C=O) groups excluding carboxylic acids is 1. The number of benzene rings is 2. The third-order valence-corrected chi connectivity index (χ3v) is 6.74. The molecule has 27 heavy (non-hydrogen) atoms. The monoisotopic (exact) mass is 407 g/mol. The summed E-state index contributed by atoms with van der Waals surface area (Å²) in [5.41, 5.74) is 1.21. The number of amides is 1. The third kappa shape index (κ3) is 4.62. The van der Waals surface area contributed by atoms with Crippen LogP contribution in [0.4, 0.5) is 0 Å². The van der Waals surface area contributed by atoms with Gasteiger partial charge in [0.25, 0.3) is 5.91 Å². The predicted octanol–water partition coefficient (Wildman–Crippen LogP) is 3.57. The van der Waals surface area contributed by atoms with Crippen molar-refractivity contribution in [1.82, 2.24) is 4.90 Å². The van der Waals surface area contributed by atoms with Crippen LogP contribution in [-0.4, -0.2) is 43.4 Å². The van der Waals surface area contributed by atoms with Gasteiger partial charge in [0.15, 0.2) is 9.84 Å². The van der Waals surface area contributed by atoms with E-state index in [0.717, 1.165) is 5.56 Å². The first kappa shape index (κ1) is 19.7. The van der Waals surface area contributed by atoms with Crippen LogP contribution in [0.15, 0.2) is 48.5 Å². The summed E-state index contributed by atoms with van der Waals surface area (Å²) < 4.78 is 29.6. The van der Waals surface area contributed by atoms with Crippen LogP contribution in [0.5, 0.6) is 5.75 Å². The third-order valence-electron chi connectivity index (χ3n) is 4.63. The summed E-state index contributed by atoms with van der Waals surface area (Å²) in [6.07, 6.45) is 0.426. The summed E-state index contributed by atoms with van der Waals surface area (Å²) in [6, 6.07) is 13.9. The fourth-order valence-electron chi connectivity index (χ4n) is 3.28. The number of rotatable bonds is 6. The predicted molar refractivity (Wildman–Crippen MR) is 106 cm³/mol. The quantitative estimate of drug-likeness (QED) is 0.734. The molecular weight excluding hydrogens is 386 g/mol. The second kappa shape index (κ2) is 8.31. The van der Waals surface area contributed by atoms with Crippen molar-refractivity contribution in [2.24, 2.45) is 0 Å². The Balaban J connectivity index is 1.97. The zero-order valence-corrected chi connectivity index (χ0v) is 16.7. The Kier molecular flexibility index (Phi) is 6.07. The lowest BCUT2D eigenvalue weighted by atomic mass is 10.1. The zero-order chi connectivity index (χ0) is 19.4. The Bertz CT molecular complexity index is 929. The van der Waals surface area contributed by atoms with Crippen molar-refractivity contribution in [3.05, 3.63) is 64.7 Å². The zero-order valence-electron chi connectivity index (χ0n) is 15.1. The van der Waals surface area contributed by atoms with E-state index < -0.39 is 9.84 Å². The molecule has 1 fully saturated rings. The minimum atomic E-state index is -3.14. The molecule has 1 aliphatic heterocycles. The minimum absolute atomic E-state index is 0.0278. The highest BCUT2D eigenvalue weighted by molar-refractivity contribution is 7.91. The van der Waals surface area contributed by atoms with Crippen molar-refractivity contribution < 1.29 is 17.9 Å². The van der Waals surface area contributed by atoms with E-state index in [1.54, 1.807) is 35.2 Å². The molecule has 0 aromatic heterocycles. The lowest BCUT2D eigenvalue weighted by Gasteiger charge is -2.29. The van der Waals surface area contributed by atoms with Crippen LogP contribution in [0.1, 0.15) is 29.3 Å². The number of carbonyl (C=O) groups is 1. The van der Waals surface area contributed by atoms with Crippen molar-refractivity contribution in [3.63, 3.8) is 0 Å². The van der Waals surface area contributed by atoms with Crippen molar-refractivity contribution in [2.45, 2.75) is 25.9 Å². The summed E-state index contributed by atoms with van der Waals surface area (Å²) in [4.78, 5) is 15.0. The van der Waals surface area contributed by atoms with Crippen molar-refractivity contribution in [1.29, 1.82) is 0 Å². The highest BCUT2D eigenvalue weighted by Gasteiger charge is 2.36. The Morgan fingerprint density at radius 3 is 2.56 bits per heavy atom. The summed E-state index contributed by atoms with van der Waals surface area (Å²) in [6.45, 7) is 2.54. The van der Waals surface area contributed by atoms with E-state index >= 15 is 0 Å². The van der Waals surface area contributed by atoms with E-state index in [1.807, 2.05) is 25.1 Å². The minimum Gasteiger partial charge on any atom is -0.493 e. The molecule has 7 heteroatoms. The van der Waals surface area contributed by atoms with Crippen molar-refractivity contribution in [3.8, 4) is 5.75 Å². The van der Waals surface area contributed by atoms with Gasteiger partial charge in [-0.2, -0.15) is 0 Å². The number of hydrogen-bond acceptors (Lipinski definition) is 4. The number of nitrogens with zero attached hydrogens (tertiary/aromatic N) is 1. The fourth-order valence-corrected chi connectivity index (χ4v) is 5.20. The second-order valence-corrected chi connectivity index (χ2v) is 9.15. The van der Waals surface area contributed by atoms with E-state index in [1.165, 1.54) is 0 Å². The normalized spacial score (nSPS) is 18.2. The fraction of sp³-hybridized carbons (Fsp3) is 0.350. The van der Waals surface area contributed by atoms with Gasteiger partial charge < -0.3 is 9.64 Å². The van der Waals surface area contributed by atoms with Crippen LogP contribution >= 0.6 is 11.6 Å². The van der Waals surface area contributed by atoms with Gasteiger partial charge in [0, 0.05) is 17.6 Å². The lowest BCUT2D eigenvalue weighted by molar-refractivity contribution is 0.0677. The standard InChI is InChI=1S/C20H22ClNO4S/c1-2-26-19-10-6-4-8-17(19)20(23)22(16-11-12-27(24,25)14-16)13-15-7-3-5-9-18(15)21/h3-10,16H,2,11-14H2,1H3. The number of ether oxygens (including phenoxy) is 1. The van der Waals surface area contributed by atoms with Crippen LogP contribution in [0, 0.1) is 0 Å². The molecule has 0 spiro atoms. The van der Waals surface area contributed by atoms with Crippen molar-refractivity contribution >= 4 is 27.3 Å². The van der Waals surface area contributed by atoms with Gasteiger partial charge >= 0.3 is 0 Å². The lowest BCUT2D eigenvalue weighted by Crippen LogP contribution is -2.40. The molecule has 0 bridgehead atoms. The molecule has 2 aromatic carbocycles. The summed E-state index contributed by atoms with van der Waals surface area (Å²) in [5, 5.41) is 0.550. The first-order valence-electron chi connectivity index (χ1n) is 8.88. The molecule has 0 radical (unpaired) electrons. The van der Waals surface area contributed by atoms with E-state index in [9.17, 15) is 13.2 Å². The molecular formula is C20H22ClNO4S. The van der Waals surface area contributed by atoms with Crippen LogP contribution < -0.4 is 4.74 Å². The molecule has 1 atom stereocenters. The van der Waals surface area contributed by atoms with Crippen LogP contribution in [0.3, 0.4) is 0 Å². The molecule has 1 aliphatic rings. The van der Waals surface area contributed by atoms with Gasteiger partial charge in [-0.25, -0.2) is 8.42 Å². The van der Waals surface area contributed by atoms with Gasteiger partial charge in [0.05, 0.1) is 23.7 Å². The van der Waals surface area contributed by atoms with Crippen LogP contribution in [0.2, 0.25) is 5.02 Å². The van der Waals surface area contributed by atoms with E-state index in [0.29, 0.717) is 29.4 Å². The molecule has 0 N–H and O–H groups in total. The highest BCUT2D eigenvalue weighted by atomic mass is 35.5. The SMILES string of the molecule is CCOc1ccccc1C(=O)N(Cc1ccccc1Cl)C1CCS(=O)(=O)C1. The topological polar surface area (TPSA) is 63.7 Å². The Morgan fingerprint density at radius 1 is 1.19 bits per heavy atom. The number of sulfone groups is 1. The first-order chi connectivity index (χ1) is 12.9. The smallest absolute Gasteiger partial charge is 0.258 e. The Hall–Kier alpha value is -2.05. The molecule has 0 aliphatic carbocycles. The van der Waals surface area contributed by atoms with Crippen LogP contribution in [0.25, 0.3) is 0 Å². The largest absolute Gasteiger partial charge is 0.493 e. The Labute approximate surface area is 164 Å². The van der Waals surface area contributed by atoms with Gasteiger partial charge in [-0.05, 0) is 37.1 Å². The van der Waals surface area contributed by atoms with Gasteiger partial charge in [0.2, 0.25) is 0 Å². The molecule has 144 valence electrons. The first-order valence-corrected chi connectivity index (χ1v) is 11.1. The maximum absolute atomic E-state index is 13.4. The maximum atomic E-state index is 13.4. The van der Waals surface area contributed by atoms with Crippen molar-refractivity contribution in [2.75, 3.05) is 18.1 Å². The van der Waals surface area contributed by atoms with Gasteiger partial charge in [0.1, 0.15) is 5.75 Å². The Morgan fingerprint density at radius 2 is 1.89 bits per heavy atom. The molecule has 5 nitrogen and oxygen atoms in total. The maximum Gasteiger partial charge on any atom is 0.258 e.